The summed E-state index contributed by atoms with van der Waals surface area (Å²) in [5.41, 5.74) is 0.865. The summed E-state index contributed by atoms with van der Waals surface area (Å²) < 4.78 is 0. The van der Waals surface area contributed by atoms with E-state index in [4.69, 9.17) is 11.6 Å². The summed E-state index contributed by atoms with van der Waals surface area (Å²) in [6, 6.07) is 5.55. The van der Waals surface area contributed by atoms with Crippen LogP contribution in [-0.2, 0) is 10.4 Å². The lowest BCUT2D eigenvalue weighted by atomic mass is 9.94. The van der Waals surface area contributed by atoms with Crippen LogP contribution in [0.15, 0.2) is 39.4 Å². The fourth-order valence-corrected chi connectivity index (χ4v) is 3.11. The van der Waals surface area contributed by atoms with Gasteiger partial charge in [-0.25, -0.2) is 15.0 Å². The SMILES string of the molecule is CC1=N/C(Cl)=C\C(=Nc2cccc(C(C)(C)O)n2)C(C(=O)NC2CC2)CC1. The second kappa shape index (κ2) is 7.90. The molecule has 0 bridgehead atoms. The largest absolute Gasteiger partial charge is 0.384 e. The molecule has 1 aromatic heterocycles. The summed E-state index contributed by atoms with van der Waals surface area (Å²) >= 11 is 6.24. The zero-order valence-corrected chi connectivity index (χ0v) is 16.6. The van der Waals surface area contributed by atoms with Crippen LogP contribution in [0, 0.1) is 5.92 Å². The Hall–Kier alpha value is -2.05. The third-order valence-electron chi connectivity index (χ3n) is 4.56. The maximum atomic E-state index is 12.8. The van der Waals surface area contributed by atoms with Gasteiger partial charge in [-0.2, -0.15) is 0 Å². The van der Waals surface area contributed by atoms with Crippen molar-refractivity contribution in [3.05, 3.63) is 35.1 Å². The molecule has 1 amide bonds. The minimum absolute atomic E-state index is 0.0368. The van der Waals surface area contributed by atoms with E-state index in [-0.39, 0.29) is 11.9 Å². The number of carbonyl (C=O) groups is 1. The first-order chi connectivity index (χ1) is 12.7. The van der Waals surface area contributed by atoms with Gasteiger partial charge in [-0.05, 0) is 64.7 Å². The molecule has 2 heterocycles. The van der Waals surface area contributed by atoms with Crippen LogP contribution < -0.4 is 5.32 Å². The molecular formula is C20H25ClN4O2. The van der Waals surface area contributed by atoms with E-state index < -0.39 is 11.5 Å². The van der Waals surface area contributed by atoms with Crippen molar-refractivity contribution in [2.24, 2.45) is 15.9 Å². The maximum Gasteiger partial charge on any atom is 0.229 e. The lowest BCUT2D eigenvalue weighted by Crippen LogP contribution is -2.36. The van der Waals surface area contributed by atoms with Crippen molar-refractivity contribution < 1.29 is 9.90 Å². The van der Waals surface area contributed by atoms with Crippen LogP contribution in [-0.4, -0.2) is 33.5 Å². The molecule has 0 radical (unpaired) electrons. The van der Waals surface area contributed by atoms with Crippen molar-refractivity contribution >= 4 is 34.7 Å². The first-order valence-electron chi connectivity index (χ1n) is 9.22. The first-order valence-corrected chi connectivity index (χ1v) is 9.60. The van der Waals surface area contributed by atoms with Gasteiger partial charge in [0, 0.05) is 11.8 Å². The molecule has 144 valence electrons. The van der Waals surface area contributed by atoms with Gasteiger partial charge in [0.05, 0.1) is 17.3 Å². The number of hydrogen-bond acceptors (Lipinski definition) is 5. The van der Waals surface area contributed by atoms with E-state index in [9.17, 15) is 9.90 Å². The van der Waals surface area contributed by atoms with E-state index in [0.717, 1.165) is 18.6 Å². The Bertz CT molecular complexity index is 820. The van der Waals surface area contributed by atoms with Gasteiger partial charge in [-0.1, -0.05) is 17.7 Å². The Morgan fingerprint density at radius 2 is 2.07 bits per heavy atom. The van der Waals surface area contributed by atoms with Gasteiger partial charge < -0.3 is 10.4 Å². The smallest absolute Gasteiger partial charge is 0.229 e. The number of allylic oxidation sites excluding steroid dienone is 1. The minimum Gasteiger partial charge on any atom is -0.384 e. The van der Waals surface area contributed by atoms with Crippen molar-refractivity contribution in [1.29, 1.82) is 0 Å². The van der Waals surface area contributed by atoms with Gasteiger partial charge in [-0.15, -0.1) is 0 Å². The average molecular weight is 389 g/mol. The van der Waals surface area contributed by atoms with Crippen molar-refractivity contribution in [2.45, 2.75) is 58.1 Å². The summed E-state index contributed by atoms with van der Waals surface area (Å²) in [6.45, 7) is 5.24. The van der Waals surface area contributed by atoms with Crippen LogP contribution in [0.2, 0.25) is 0 Å². The molecule has 0 saturated heterocycles. The lowest BCUT2D eigenvalue weighted by molar-refractivity contribution is -0.123. The Morgan fingerprint density at radius 3 is 2.74 bits per heavy atom. The number of carbonyl (C=O) groups excluding carboxylic acids is 1. The van der Waals surface area contributed by atoms with Gasteiger partial charge in [0.2, 0.25) is 5.91 Å². The van der Waals surface area contributed by atoms with Gasteiger partial charge in [0.1, 0.15) is 10.8 Å². The fraction of sp³-hybridized carbons (Fsp3) is 0.500. The van der Waals surface area contributed by atoms with Crippen molar-refractivity contribution in [3.63, 3.8) is 0 Å². The number of nitrogens with one attached hydrogen (secondary N) is 1. The highest BCUT2D eigenvalue weighted by molar-refractivity contribution is 6.32. The van der Waals surface area contributed by atoms with Crippen LogP contribution in [0.4, 0.5) is 5.82 Å². The van der Waals surface area contributed by atoms with Crippen molar-refractivity contribution in [1.82, 2.24) is 10.3 Å². The lowest BCUT2D eigenvalue weighted by Gasteiger charge is -2.20. The highest BCUT2D eigenvalue weighted by atomic mass is 35.5. The van der Waals surface area contributed by atoms with Gasteiger partial charge in [-0.3, -0.25) is 4.79 Å². The number of nitrogens with zero attached hydrogens (tertiary/aromatic N) is 3. The van der Waals surface area contributed by atoms with Crippen LogP contribution in [0.1, 0.15) is 52.1 Å². The molecule has 27 heavy (non-hydrogen) atoms. The van der Waals surface area contributed by atoms with Crippen LogP contribution in [0.5, 0.6) is 0 Å². The molecule has 2 N–H and O–H groups in total. The molecule has 7 heteroatoms. The van der Waals surface area contributed by atoms with E-state index in [2.05, 4.69) is 20.3 Å². The second-order valence-electron chi connectivity index (χ2n) is 7.66. The second-order valence-corrected chi connectivity index (χ2v) is 8.05. The summed E-state index contributed by atoms with van der Waals surface area (Å²) in [4.78, 5) is 26.1. The zero-order valence-electron chi connectivity index (χ0n) is 15.9. The molecule has 0 spiro atoms. The molecule has 1 aliphatic heterocycles. The number of halogens is 1. The quantitative estimate of drug-likeness (QED) is 0.772. The molecule has 6 nitrogen and oxygen atoms in total. The first kappa shape index (κ1) is 19.7. The Morgan fingerprint density at radius 1 is 1.33 bits per heavy atom. The number of aliphatic hydroxyl groups is 1. The van der Waals surface area contributed by atoms with Crippen molar-refractivity contribution in [3.8, 4) is 0 Å². The normalized spacial score (nSPS) is 24.5. The van der Waals surface area contributed by atoms with Crippen LogP contribution >= 0.6 is 11.6 Å². The molecule has 2 aliphatic rings. The van der Waals surface area contributed by atoms with Crippen molar-refractivity contribution in [2.75, 3.05) is 0 Å². The third-order valence-corrected chi connectivity index (χ3v) is 4.76. The standard InChI is InChI=1S/C20H25ClN4O2/c1-12-7-10-14(19(26)23-13-8-9-13)15(11-17(21)22-12)24-18-6-4-5-16(25-18)20(2,3)27/h4-6,11,13-14,27H,7-10H2,1-3H3,(H,23,26)/b17-11-,22-12?,24-15?. The Balaban J connectivity index is 1.98. The number of rotatable bonds is 4. The highest BCUT2D eigenvalue weighted by Crippen LogP contribution is 2.25. The maximum absolute atomic E-state index is 12.8. The summed E-state index contributed by atoms with van der Waals surface area (Å²) in [5.74, 6) is -0.0291. The Labute approximate surface area is 164 Å². The summed E-state index contributed by atoms with van der Waals surface area (Å²) in [6.07, 6.45) is 4.97. The van der Waals surface area contributed by atoms with Crippen LogP contribution in [0.3, 0.4) is 0 Å². The molecule has 1 aromatic rings. The molecule has 1 aliphatic carbocycles. The van der Waals surface area contributed by atoms with E-state index in [1.165, 1.54) is 0 Å². The Kier molecular flexibility index (Phi) is 5.77. The predicted octanol–water partition coefficient (Wildman–Crippen LogP) is 3.61. The summed E-state index contributed by atoms with van der Waals surface area (Å²) in [5, 5.41) is 13.6. The van der Waals surface area contributed by atoms with E-state index in [1.54, 1.807) is 38.1 Å². The topological polar surface area (TPSA) is 86.9 Å². The average Bonchev–Trinajstić information content (AvgIpc) is 3.36. The fourth-order valence-electron chi connectivity index (χ4n) is 2.86. The van der Waals surface area contributed by atoms with Gasteiger partial charge in [0.15, 0.2) is 5.82 Å². The van der Waals surface area contributed by atoms with E-state index in [0.29, 0.717) is 35.2 Å². The number of pyridine rings is 1. The molecule has 1 fully saturated rings. The summed E-state index contributed by atoms with van der Waals surface area (Å²) in [7, 11) is 0. The van der Waals surface area contributed by atoms with Gasteiger partial charge in [0.25, 0.3) is 0 Å². The predicted molar refractivity (Wildman–Crippen MR) is 108 cm³/mol. The molecule has 1 unspecified atom stereocenters. The highest BCUT2D eigenvalue weighted by Gasteiger charge is 2.30. The molecule has 3 rings (SSSR count). The number of aromatic nitrogens is 1. The minimum atomic E-state index is -1.07. The monoisotopic (exact) mass is 388 g/mol. The number of amides is 1. The van der Waals surface area contributed by atoms with E-state index in [1.807, 2.05) is 6.92 Å². The molecule has 1 saturated carbocycles. The van der Waals surface area contributed by atoms with E-state index >= 15 is 0 Å². The van der Waals surface area contributed by atoms with Gasteiger partial charge >= 0.3 is 0 Å². The number of aliphatic imine (C=N–C) groups is 2. The number of hydrogen-bond donors (Lipinski definition) is 2. The van der Waals surface area contributed by atoms with Crippen LogP contribution in [0.25, 0.3) is 0 Å². The molecule has 0 aromatic carbocycles. The molecular weight excluding hydrogens is 364 g/mol. The zero-order chi connectivity index (χ0) is 19.6. The third kappa shape index (κ3) is 5.47. The molecule has 1 atom stereocenters.